The predicted molar refractivity (Wildman–Crippen MR) is 128 cm³/mol. The number of nitrogens with one attached hydrogen (secondary N) is 2. The molecule has 1 aliphatic rings. The molecule has 7 N–H and O–H groups in total. The van der Waals surface area contributed by atoms with Crippen LogP contribution >= 0.6 is 0 Å². The smallest absolute Gasteiger partial charge is 0.326 e. The molecule has 0 radical (unpaired) electrons. The zero-order chi connectivity index (χ0) is 25.5. The van der Waals surface area contributed by atoms with E-state index in [-0.39, 0.29) is 25.0 Å². The lowest BCUT2D eigenvalue weighted by atomic mass is 9.96. The Hall–Kier alpha value is -3.76. The number of aliphatic carboxylic acids is 1. The van der Waals surface area contributed by atoms with E-state index in [4.69, 9.17) is 16.2 Å². The zero-order valence-electron chi connectivity index (χ0n) is 19.5. The Bertz CT molecular complexity index is 1120. The second-order valence-electron chi connectivity index (χ2n) is 8.52. The van der Waals surface area contributed by atoms with Gasteiger partial charge in [-0.15, -0.1) is 0 Å². The van der Waals surface area contributed by atoms with Gasteiger partial charge in [-0.1, -0.05) is 30.3 Å². The maximum atomic E-state index is 12.9. The third-order valence-corrected chi connectivity index (χ3v) is 5.74. The number of carbonyl (C=O) groups excluding carboxylic acids is 3. The Balaban J connectivity index is 2.08. The number of nitrogens with two attached hydrogens (primary N) is 2. The van der Waals surface area contributed by atoms with Crippen LogP contribution in [-0.4, -0.2) is 53.5 Å². The van der Waals surface area contributed by atoms with Gasteiger partial charge >= 0.3 is 11.9 Å². The van der Waals surface area contributed by atoms with Crippen molar-refractivity contribution in [2.75, 3.05) is 6.54 Å². The van der Waals surface area contributed by atoms with Crippen molar-refractivity contribution in [3.63, 3.8) is 0 Å². The van der Waals surface area contributed by atoms with Crippen LogP contribution in [0.2, 0.25) is 0 Å². The lowest BCUT2D eigenvalue weighted by molar-refractivity contribution is -0.142. The summed E-state index contributed by atoms with van der Waals surface area (Å²) in [5, 5.41) is 14.9. The first-order chi connectivity index (χ1) is 16.7. The molecule has 10 heteroatoms. The molecule has 0 spiro atoms. The van der Waals surface area contributed by atoms with Gasteiger partial charge in [0.05, 0.1) is 6.04 Å². The first-order valence-electron chi connectivity index (χ1n) is 11.4. The van der Waals surface area contributed by atoms with E-state index in [2.05, 4.69) is 10.6 Å². The van der Waals surface area contributed by atoms with Gasteiger partial charge in [0.15, 0.2) is 0 Å². The van der Waals surface area contributed by atoms with Crippen LogP contribution in [0.15, 0.2) is 42.5 Å². The monoisotopic (exact) mass is 482 g/mol. The molecule has 4 bridgehead atoms. The lowest BCUT2D eigenvalue weighted by Crippen LogP contribution is -2.55. The molecule has 0 fully saturated rings. The largest absolute Gasteiger partial charge is 0.480 e. The number of hydrogen-bond acceptors (Lipinski definition) is 7. The fourth-order valence-corrected chi connectivity index (χ4v) is 3.96. The summed E-state index contributed by atoms with van der Waals surface area (Å²) in [5.41, 5.74) is 14.6. The van der Waals surface area contributed by atoms with Gasteiger partial charge in [-0.3, -0.25) is 14.4 Å². The van der Waals surface area contributed by atoms with Gasteiger partial charge in [0, 0.05) is 19.8 Å². The molecule has 1 heterocycles. The van der Waals surface area contributed by atoms with Crippen molar-refractivity contribution in [1.82, 2.24) is 10.6 Å². The number of hydrogen-bond donors (Lipinski definition) is 5. The number of fused-ring (bicyclic) bond motifs is 5. The molecular weight excluding hydrogens is 452 g/mol. The Kier molecular flexibility index (Phi) is 8.56. The third kappa shape index (κ3) is 6.87. The molecule has 0 aliphatic carbocycles. The molecule has 2 aromatic carbocycles. The van der Waals surface area contributed by atoms with Crippen LogP contribution < -0.4 is 26.8 Å². The highest BCUT2D eigenvalue weighted by Gasteiger charge is 2.29. The molecular formula is C25H30N4O6. The summed E-state index contributed by atoms with van der Waals surface area (Å²) in [4.78, 5) is 49.4. The molecule has 186 valence electrons. The number of carboxylic acids is 1. The van der Waals surface area contributed by atoms with E-state index < -0.39 is 41.9 Å². The van der Waals surface area contributed by atoms with Gasteiger partial charge in [0.2, 0.25) is 11.8 Å². The molecule has 3 atom stereocenters. The molecule has 0 aromatic heterocycles. The standard InChI is InChI=1S/C25H30N4O6/c1-14(30)35-22-8-7-17-12-18(22)13-19(27)23(31)28-20(6-3-9-26)24(32)29-21(25(33)34)11-15-4-2-5-16(17)10-15/h2,4-5,7-8,10,12,19-21H,3,6,9,11,13,26-27H2,1H3,(H,28,31)(H,29,32)(H,33,34)/t19-,20-,21-/m0/s1. The van der Waals surface area contributed by atoms with Crippen LogP contribution in [-0.2, 0) is 32.0 Å². The van der Waals surface area contributed by atoms with Crippen LogP contribution in [0.5, 0.6) is 5.75 Å². The number of rotatable bonds is 5. The average Bonchev–Trinajstić information content (AvgIpc) is 2.81. The van der Waals surface area contributed by atoms with Crippen molar-refractivity contribution in [3.8, 4) is 16.9 Å². The molecule has 0 saturated heterocycles. The molecule has 35 heavy (non-hydrogen) atoms. The summed E-state index contributed by atoms with van der Waals surface area (Å²) < 4.78 is 5.32. The molecule has 0 unspecified atom stereocenters. The summed E-state index contributed by atoms with van der Waals surface area (Å²) in [7, 11) is 0. The van der Waals surface area contributed by atoms with Crippen LogP contribution in [0.3, 0.4) is 0 Å². The molecule has 10 nitrogen and oxygen atoms in total. The van der Waals surface area contributed by atoms with E-state index in [1.165, 1.54) is 6.92 Å². The van der Waals surface area contributed by atoms with E-state index in [0.717, 1.165) is 11.1 Å². The maximum absolute atomic E-state index is 12.9. The minimum absolute atomic E-state index is 0.0460. The molecule has 1 aliphatic heterocycles. The summed E-state index contributed by atoms with van der Waals surface area (Å²) >= 11 is 0. The van der Waals surface area contributed by atoms with Crippen molar-refractivity contribution in [2.45, 2.75) is 50.7 Å². The normalized spacial score (nSPS) is 20.6. The third-order valence-electron chi connectivity index (χ3n) is 5.74. The fourth-order valence-electron chi connectivity index (χ4n) is 3.96. The van der Waals surface area contributed by atoms with Crippen LogP contribution in [0, 0.1) is 0 Å². The highest BCUT2D eigenvalue weighted by molar-refractivity contribution is 5.92. The lowest BCUT2D eigenvalue weighted by Gasteiger charge is -2.23. The Morgan fingerprint density at radius 1 is 1.06 bits per heavy atom. The van der Waals surface area contributed by atoms with Gasteiger partial charge in [-0.2, -0.15) is 0 Å². The van der Waals surface area contributed by atoms with Crippen molar-refractivity contribution in [2.24, 2.45) is 11.5 Å². The molecule has 0 saturated carbocycles. The maximum Gasteiger partial charge on any atom is 0.326 e. The summed E-state index contributed by atoms with van der Waals surface area (Å²) in [6.45, 7) is 1.57. The SMILES string of the molecule is CC(=O)Oc1ccc2cc1C[C@H](N)C(=O)N[C@@H](CCCN)C(=O)N[C@H](C(=O)O)Cc1cccc-2c1. The summed E-state index contributed by atoms with van der Waals surface area (Å²) in [6, 6.07) is 9.20. The highest BCUT2D eigenvalue weighted by Crippen LogP contribution is 2.29. The van der Waals surface area contributed by atoms with E-state index in [1.54, 1.807) is 30.3 Å². The number of carboxylic acid groups (broad SMARTS) is 1. The Labute approximate surface area is 203 Å². The minimum atomic E-state index is -1.20. The molecule has 3 rings (SSSR count). The molecule has 2 aromatic rings. The van der Waals surface area contributed by atoms with Crippen molar-refractivity contribution >= 4 is 23.8 Å². The predicted octanol–water partition coefficient (Wildman–Crippen LogP) is 0.498. The quantitative estimate of drug-likeness (QED) is 0.302. The minimum Gasteiger partial charge on any atom is -0.480 e. The van der Waals surface area contributed by atoms with Crippen LogP contribution in [0.4, 0.5) is 0 Å². The van der Waals surface area contributed by atoms with Crippen LogP contribution in [0.25, 0.3) is 11.1 Å². The van der Waals surface area contributed by atoms with E-state index in [0.29, 0.717) is 24.1 Å². The number of ether oxygens (including phenoxy) is 1. The second-order valence-corrected chi connectivity index (χ2v) is 8.52. The van der Waals surface area contributed by atoms with Gasteiger partial charge in [-0.25, -0.2) is 4.79 Å². The number of esters is 1. The fraction of sp³-hybridized carbons (Fsp3) is 0.360. The average molecular weight is 483 g/mol. The number of amides is 2. The van der Waals surface area contributed by atoms with Gasteiger partial charge in [0.25, 0.3) is 0 Å². The second kappa shape index (κ2) is 11.6. The van der Waals surface area contributed by atoms with Gasteiger partial charge in [-0.05, 0) is 53.8 Å². The number of benzene rings is 2. The Morgan fingerprint density at radius 3 is 2.49 bits per heavy atom. The topological polar surface area (TPSA) is 174 Å². The first-order valence-corrected chi connectivity index (χ1v) is 11.4. The van der Waals surface area contributed by atoms with E-state index in [9.17, 15) is 24.3 Å². The van der Waals surface area contributed by atoms with Crippen molar-refractivity contribution in [3.05, 3.63) is 53.6 Å². The van der Waals surface area contributed by atoms with Gasteiger partial charge in [0.1, 0.15) is 17.8 Å². The first kappa shape index (κ1) is 25.9. The summed E-state index contributed by atoms with van der Waals surface area (Å²) in [5.74, 6) is -2.64. The Morgan fingerprint density at radius 2 is 1.80 bits per heavy atom. The number of carbonyl (C=O) groups is 4. The van der Waals surface area contributed by atoms with E-state index in [1.807, 2.05) is 12.1 Å². The summed E-state index contributed by atoms with van der Waals surface area (Å²) in [6.07, 6.45) is 0.748. The van der Waals surface area contributed by atoms with E-state index >= 15 is 0 Å². The van der Waals surface area contributed by atoms with Crippen molar-refractivity contribution < 1.29 is 29.0 Å². The van der Waals surface area contributed by atoms with Crippen LogP contribution in [0.1, 0.15) is 30.9 Å². The molecule has 2 amide bonds. The van der Waals surface area contributed by atoms with Gasteiger partial charge < -0.3 is 31.9 Å². The van der Waals surface area contributed by atoms with Crippen molar-refractivity contribution in [1.29, 1.82) is 0 Å². The highest BCUT2D eigenvalue weighted by atomic mass is 16.5. The zero-order valence-corrected chi connectivity index (χ0v) is 19.5.